The average molecular weight is 377 g/mol. The van der Waals surface area contributed by atoms with E-state index in [-0.39, 0.29) is 35.3 Å². The van der Waals surface area contributed by atoms with Gasteiger partial charge in [0.25, 0.3) is 0 Å². The van der Waals surface area contributed by atoms with E-state index < -0.39 is 0 Å². The number of urea groups is 1. The second-order valence-corrected chi connectivity index (χ2v) is 8.33. The van der Waals surface area contributed by atoms with Crippen molar-refractivity contribution in [3.63, 3.8) is 0 Å². The molecule has 27 heavy (non-hydrogen) atoms. The molecule has 9 heteroatoms. The van der Waals surface area contributed by atoms with Gasteiger partial charge in [0.2, 0.25) is 5.91 Å². The number of carbonyl (C=O) groups excluding carboxylic acids is 2. The first kappa shape index (κ1) is 19.7. The number of hydrogen-bond donors (Lipinski definition) is 2. The number of hydrogen-bond acceptors (Lipinski definition) is 6. The van der Waals surface area contributed by atoms with Crippen molar-refractivity contribution in [1.29, 1.82) is 0 Å². The lowest BCUT2D eigenvalue weighted by atomic mass is 10.0. The third kappa shape index (κ3) is 5.97. The van der Waals surface area contributed by atoms with Crippen LogP contribution in [0.4, 0.5) is 4.79 Å². The van der Waals surface area contributed by atoms with E-state index >= 15 is 0 Å². The van der Waals surface area contributed by atoms with E-state index in [1.54, 1.807) is 0 Å². The molecule has 3 heterocycles. The molecule has 2 N–H and O–H groups in total. The Balaban J connectivity index is 1.34. The molecule has 3 aliphatic heterocycles. The van der Waals surface area contributed by atoms with Crippen LogP contribution in [0.2, 0.25) is 0 Å². The summed E-state index contributed by atoms with van der Waals surface area (Å²) in [6.07, 6.45) is 5.92. The second kappa shape index (κ2) is 7.90. The molecule has 1 fully saturated rings. The molecule has 0 aromatic carbocycles. The Labute approximate surface area is 160 Å². The van der Waals surface area contributed by atoms with E-state index in [1.807, 2.05) is 25.7 Å². The lowest BCUT2D eigenvalue weighted by Gasteiger charge is -2.24. The monoisotopic (exact) mass is 377 g/mol. The predicted molar refractivity (Wildman–Crippen MR) is 100 cm³/mol. The molecule has 0 aromatic heterocycles. The van der Waals surface area contributed by atoms with Crippen molar-refractivity contribution >= 4 is 11.9 Å². The second-order valence-electron chi connectivity index (χ2n) is 8.33. The van der Waals surface area contributed by atoms with Crippen molar-refractivity contribution in [2.75, 3.05) is 13.1 Å². The Morgan fingerprint density at radius 1 is 1.00 bits per heavy atom. The summed E-state index contributed by atoms with van der Waals surface area (Å²) in [5.74, 6) is 0.188. The standard InChI is InChI=1S/C18H31N7O2/c1-13-14(20-16(27)19-13)7-5-4-6-8-15(26)25(11-9-17(2)21-22-17)12-10-18(3)23-24-18/h13-14H,4-12H2,1-3H3,(H2,19,20,27). The first-order valence-electron chi connectivity index (χ1n) is 10.0. The van der Waals surface area contributed by atoms with Crippen LogP contribution in [-0.2, 0) is 4.79 Å². The zero-order chi connectivity index (χ0) is 19.5. The summed E-state index contributed by atoms with van der Waals surface area (Å²) >= 11 is 0. The molecule has 0 aromatic rings. The molecular weight excluding hydrogens is 346 g/mol. The summed E-state index contributed by atoms with van der Waals surface area (Å²) in [6, 6.07) is 0.293. The largest absolute Gasteiger partial charge is 0.342 e. The van der Waals surface area contributed by atoms with E-state index in [0.29, 0.717) is 19.5 Å². The molecule has 3 amide bonds. The molecule has 2 atom stereocenters. The minimum absolute atomic E-state index is 0.0797. The van der Waals surface area contributed by atoms with Gasteiger partial charge in [0.1, 0.15) is 0 Å². The van der Waals surface area contributed by atoms with Gasteiger partial charge in [0.15, 0.2) is 11.3 Å². The van der Waals surface area contributed by atoms with E-state index in [4.69, 9.17) is 0 Å². The number of carbonyl (C=O) groups is 2. The Morgan fingerprint density at radius 3 is 2.07 bits per heavy atom. The molecule has 150 valence electrons. The maximum absolute atomic E-state index is 12.7. The van der Waals surface area contributed by atoms with Crippen molar-refractivity contribution in [1.82, 2.24) is 15.5 Å². The fraction of sp³-hybridized carbons (Fsp3) is 0.889. The maximum atomic E-state index is 12.7. The molecule has 9 nitrogen and oxygen atoms in total. The summed E-state index contributed by atoms with van der Waals surface area (Å²) in [5.41, 5.74) is -0.569. The molecule has 0 bridgehead atoms. The van der Waals surface area contributed by atoms with Crippen molar-refractivity contribution < 1.29 is 9.59 Å². The van der Waals surface area contributed by atoms with Crippen LogP contribution in [0.3, 0.4) is 0 Å². The lowest BCUT2D eigenvalue weighted by Crippen LogP contribution is -2.36. The van der Waals surface area contributed by atoms with Crippen molar-refractivity contribution in [2.24, 2.45) is 20.5 Å². The highest BCUT2D eigenvalue weighted by Gasteiger charge is 2.37. The number of nitrogens with zero attached hydrogens (tertiary/aromatic N) is 5. The van der Waals surface area contributed by atoms with Gasteiger partial charge in [0, 0.05) is 38.4 Å². The van der Waals surface area contributed by atoms with Crippen molar-refractivity contribution in [2.45, 2.75) is 89.1 Å². The van der Waals surface area contributed by atoms with Crippen LogP contribution in [0, 0.1) is 0 Å². The summed E-state index contributed by atoms with van der Waals surface area (Å²) in [7, 11) is 0. The molecular formula is C18H31N7O2. The molecule has 0 spiro atoms. The highest BCUT2D eigenvalue weighted by molar-refractivity contribution is 5.77. The van der Waals surface area contributed by atoms with Crippen LogP contribution in [-0.4, -0.2) is 53.3 Å². The highest BCUT2D eigenvalue weighted by atomic mass is 16.2. The topological polar surface area (TPSA) is 111 Å². The van der Waals surface area contributed by atoms with E-state index in [1.165, 1.54) is 0 Å². The predicted octanol–water partition coefficient (Wildman–Crippen LogP) is 2.98. The number of amides is 3. The fourth-order valence-electron chi connectivity index (χ4n) is 3.37. The molecule has 0 saturated carbocycles. The van der Waals surface area contributed by atoms with E-state index in [9.17, 15) is 9.59 Å². The average Bonchev–Trinajstić information content (AvgIpc) is 3.50. The first-order chi connectivity index (χ1) is 12.8. The summed E-state index contributed by atoms with van der Waals surface area (Å²) in [4.78, 5) is 25.9. The van der Waals surface area contributed by atoms with E-state index in [2.05, 4.69) is 31.1 Å². The third-order valence-corrected chi connectivity index (χ3v) is 5.63. The minimum atomic E-state index is -0.285. The Kier molecular flexibility index (Phi) is 5.76. The summed E-state index contributed by atoms with van der Waals surface area (Å²) in [6.45, 7) is 7.34. The smallest absolute Gasteiger partial charge is 0.315 e. The van der Waals surface area contributed by atoms with E-state index in [0.717, 1.165) is 38.5 Å². The quantitative estimate of drug-likeness (QED) is 0.510. The lowest BCUT2D eigenvalue weighted by molar-refractivity contribution is -0.131. The van der Waals surface area contributed by atoms with Crippen LogP contribution in [0.1, 0.15) is 65.7 Å². The Hall–Kier alpha value is -2.06. The van der Waals surface area contributed by atoms with Gasteiger partial charge in [-0.1, -0.05) is 12.8 Å². The Bertz CT molecular complexity index is 593. The molecule has 1 saturated heterocycles. The van der Waals surface area contributed by atoms with Crippen LogP contribution < -0.4 is 10.6 Å². The minimum Gasteiger partial charge on any atom is -0.342 e. The van der Waals surface area contributed by atoms with Gasteiger partial charge in [0.05, 0.1) is 6.04 Å². The van der Waals surface area contributed by atoms with Gasteiger partial charge in [-0.15, -0.1) is 0 Å². The fourth-order valence-corrected chi connectivity index (χ4v) is 3.37. The number of nitrogens with one attached hydrogen (secondary N) is 2. The molecule has 0 aliphatic carbocycles. The highest BCUT2D eigenvalue weighted by Crippen LogP contribution is 2.33. The van der Waals surface area contributed by atoms with Gasteiger partial charge in [-0.3, -0.25) is 4.79 Å². The zero-order valence-electron chi connectivity index (χ0n) is 16.6. The SMILES string of the molecule is CC1NC(=O)NC1CCCCCC(=O)N(CCC1(C)N=N1)CCC1(C)N=N1. The van der Waals surface area contributed by atoms with Gasteiger partial charge in [-0.05, 0) is 33.6 Å². The van der Waals surface area contributed by atoms with Crippen molar-refractivity contribution in [3.05, 3.63) is 0 Å². The van der Waals surface area contributed by atoms with Crippen LogP contribution in [0.25, 0.3) is 0 Å². The van der Waals surface area contributed by atoms with Gasteiger partial charge < -0.3 is 15.5 Å². The summed E-state index contributed by atoms with van der Waals surface area (Å²) < 4.78 is 0. The summed E-state index contributed by atoms with van der Waals surface area (Å²) in [5, 5.41) is 21.9. The third-order valence-electron chi connectivity index (χ3n) is 5.63. The maximum Gasteiger partial charge on any atom is 0.315 e. The molecule has 3 aliphatic rings. The molecule has 2 unspecified atom stereocenters. The van der Waals surface area contributed by atoms with Gasteiger partial charge in [-0.25, -0.2) is 4.79 Å². The van der Waals surface area contributed by atoms with Crippen LogP contribution >= 0.6 is 0 Å². The van der Waals surface area contributed by atoms with Crippen molar-refractivity contribution in [3.8, 4) is 0 Å². The number of unbranched alkanes of at least 4 members (excludes halogenated alkanes) is 2. The Morgan fingerprint density at radius 2 is 1.59 bits per heavy atom. The molecule has 0 radical (unpaired) electrons. The van der Waals surface area contributed by atoms with Gasteiger partial charge >= 0.3 is 6.03 Å². The van der Waals surface area contributed by atoms with Gasteiger partial charge in [-0.2, -0.15) is 20.5 Å². The van der Waals surface area contributed by atoms with Crippen LogP contribution in [0.15, 0.2) is 20.5 Å². The number of rotatable bonds is 12. The normalized spacial score (nSPS) is 25.8. The van der Waals surface area contributed by atoms with Crippen LogP contribution in [0.5, 0.6) is 0 Å². The zero-order valence-corrected chi connectivity index (χ0v) is 16.6. The molecule has 3 rings (SSSR count). The first-order valence-corrected chi connectivity index (χ1v) is 10.0.